The molecule has 0 bridgehead atoms. The number of benzene rings is 1. The molecule has 31 heavy (non-hydrogen) atoms. The van der Waals surface area contributed by atoms with E-state index in [0.717, 1.165) is 38.5 Å². The number of nitrogens with zero attached hydrogens (tertiary/aromatic N) is 1. The molecule has 1 heterocycles. The first-order valence-corrected chi connectivity index (χ1v) is 12.8. The normalized spacial score (nSPS) is 25.1. The second-order valence-electron chi connectivity index (χ2n) is 8.63. The van der Waals surface area contributed by atoms with Gasteiger partial charge >= 0.3 is 5.97 Å². The fraction of sp³-hybridized carbons (Fsp3) is 0.636. The number of piperidine rings is 1. The highest BCUT2D eigenvalue weighted by atomic mass is 35.5. The van der Waals surface area contributed by atoms with Crippen molar-refractivity contribution >= 4 is 33.5 Å². The molecule has 1 aliphatic carbocycles. The quantitative estimate of drug-likeness (QED) is 0.641. The van der Waals surface area contributed by atoms with Crippen molar-refractivity contribution in [2.24, 2.45) is 11.8 Å². The van der Waals surface area contributed by atoms with Crippen LogP contribution in [0.1, 0.15) is 62.7 Å². The van der Waals surface area contributed by atoms with Crippen LogP contribution < -0.4 is 5.32 Å². The summed E-state index contributed by atoms with van der Waals surface area (Å²) >= 11 is 6.14. The molecule has 1 aliphatic heterocycles. The van der Waals surface area contributed by atoms with E-state index in [-0.39, 0.29) is 27.4 Å². The molecule has 2 fully saturated rings. The van der Waals surface area contributed by atoms with Crippen molar-refractivity contribution in [3.05, 3.63) is 28.8 Å². The van der Waals surface area contributed by atoms with Crippen molar-refractivity contribution in [3.63, 3.8) is 0 Å². The Morgan fingerprint density at radius 1 is 1.13 bits per heavy atom. The summed E-state index contributed by atoms with van der Waals surface area (Å²) in [5.74, 6) is -0.204. The molecule has 2 aliphatic rings. The van der Waals surface area contributed by atoms with Gasteiger partial charge in [-0.1, -0.05) is 44.7 Å². The molecule has 0 aromatic heterocycles. The zero-order valence-electron chi connectivity index (χ0n) is 18.1. The van der Waals surface area contributed by atoms with Crippen molar-refractivity contribution in [1.82, 2.24) is 9.62 Å². The summed E-state index contributed by atoms with van der Waals surface area (Å²) in [6, 6.07) is 4.09. The molecule has 0 unspecified atom stereocenters. The SMILES string of the molecule is C[C@@H]1[C@H](C)CCC[C@H]1NC(=O)COC(=O)c1ccc(Cl)c(S(=O)(=O)N2CCCCC2)c1. The number of hydrogen-bond acceptors (Lipinski definition) is 5. The molecule has 1 saturated heterocycles. The Balaban J connectivity index is 1.63. The fourth-order valence-electron chi connectivity index (χ4n) is 4.32. The molecule has 1 amide bonds. The van der Waals surface area contributed by atoms with Gasteiger partial charge in [0.25, 0.3) is 5.91 Å². The van der Waals surface area contributed by atoms with Crippen molar-refractivity contribution in [1.29, 1.82) is 0 Å². The molecular weight excluding hydrogens is 440 g/mol. The average Bonchev–Trinajstić information content (AvgIpc) is 2.76. The number of esters is 1. The Morgan fingerprint density at radius 2 is 1.84 bits per heavy atom. The Kier molecular flexibility index (Phi) is 7.99. The molecule has 0 spiro atoms. The van der Waals surface area contributed by atoms with Crippen LogP contribution in [0.2, 0.25) is 5.02 Å². The minimum absolute atomic E-state index is 0.0486. The molecule has 1 aromatic carbocycles. The first kappa shape index (κ1) is 24.0. The summed E-state index contributed by atoms with van der Waals surface area (Å²) in [5, 5.41) is 3.01. The lowest BCUT2D eigenvalue weighted by atomic mass is 9.78. The van der Waals surface area contributed by atoms with Crippen LogP contribution in [-0.2, 0) is 19.6 Å². The highest BCUT2D eigenvalue weighted by Crippen LogP contribution is 2.30. The standard InChI is InChI=1S/C22H31ClN2O5S/c1-15-7-6-8-19(16(15)2)24-21(26)14-30-22(27)17-9-10-18(23)20(13-17)31(28,29)25-11-4-3-5-12-25/h9-10,13,15-16,19H,3-8,11-12,14H2,1-2H3,(H,24,26)/t15-,16-,19-/m1/s1. The van der Waals surface area contributed by atoms with Crippen LogP contribution in [0.25, 0.3) is 0 Å². The topological polar surface area (TPSA) is 92.8 Å². The van der Waals surface area contributed by atoms with E-state index in [9.17, 15) is 18.0 Å². The lowest BCUT2D eigenvalue weighted by Gasteiger charge is -2.34. The summed E-state index contributed by atoms with van der Waals surface area (Å²) in [7, 11) is -3.80. The molecule has 3 rings (SSSR count). The lowest BCUT2D eigenvalue weighted by Crippen LogP contribution is -2.45. The first-order chi connectivity index (χ1) is 14.7. The van der Waals surface area contributed by atoms with Crippen LogP contribution >= 0.6 is 11.6 Å². The summed E-state index contributed by atoms with van der Waals surface area (Å²) in [6.45, 7) is 4.77. The van der Waals surface area contributed by atoms with E-state index in [0.29, 0.717) is 24.9 Å². The van der Waals surface area contributed by atoms with Crippen LogP contribution in [0.3, 0.4) is 0 Å². The maximum absolute atomic E-state index is 13.0. The molecular formula is C22H31ClN2O5S. The molecule has 1 aromatic rings. The second kappa shape index (κ2) is 10.3. The molecule has 1 N–H and O–H groups in total. The van der Waals surface area contributed by atoms with Gasteiger partial charge in [0, 0.05) is 19.1 Å². The molecule has 1 saturated carbocycles. The van der Waals surface area contributed by atoms with Gasteiger partial charge in [0.2, 0.25) is 10.0 Å². The van der Waals surface area contributed by atoms with E-state index >= 15 is 0 Å². The van der Waals surface area contributed by atoms with Crippen molar-refractivity contribution in [2.45, 2.75) is 63.3 Å². The second-order valence-corrected chi connectivity index (χ2v) is 10.9. The van der Waals surface area contributed by atoms with Crippen molar-refractivity contribution in [3.8, 4) is 0 Å². The van der Waals surface area contributed by atoms with Gasteiger partial charge in [0.15, 0.2) is 6.61 Å². The highest BCUT2D eigenvalue weighted by Gasteiger charge is 2.30. The highest BCUT2D eigenvalue weighted by molar-refractivity contribution is 7.89. The number of carbonyl (C=O) groups excluding carboxylic acids is 2. The minimum atomic E-state index is -3.80. The predicted molar refractivity (Wildman–Crippen MR) is 118 cm³/mol. The van der Waals surface area contributed by atoms with Crippen LogP contribution in [-0.4, -0.2) is 50.3 Å². The molecule has 7 nitrogen and oxygen atoms in total. The van der Waals surface area contributed by atoms with Crippen molar-refractivity contribution in [2.75, 3.05) is 19.7 Å². The third-order valence-corrected chi connectivity index (χ3v) is 8.87. The first-order valence-electron chi connectivity index (χ1n) is 11.0. The van der Waals surface area contributed by atoms with Gasteiger partial charge in [-0.25, -0.2) is 13.2 Å². The van der Waals surface area contributed by atoms with Gasteiger partial charge < -0.3 is 10.1 Å². The van der Waals surface area contributed by atoms with Crippen LogP contribution in [0.4, 0.5) is 0 Å². The lowest BCUT2D eigenvalue weighted by molar-refractivity contribution is -0.125. The maximum atomic E-state index is 13.0. The third-order valence-electron chi connectivity index (χ3n) is 6.49. The fourth-order valence-corrected chi connectivity index (χ4v) is 6.34. The zero-order valence-corrected chi connectivity index (χ0v) is 19.7. The Hall–Kier alpha value is -1.64. The summed E-state index contributed by atoms with van der Waals surface area (Å²) in [6.07, 6.45) is 5.72. The van der Waals surface area contributed by atoms with Gasteiger partial charge in [-0.3, -0.25) is 4.79 Å². The van der Waals surface area contributed by atoms with Crippen molar-refractivity contribution < 1.29 is 22.7 Å². The van der Waals surface area contributed by atoms with E-state index in [1.165, 1.54) is 22.5 Å². The molecule has 0 radical (unpaired) electrons. The number of carbonyl (C=O) groups is 2. The smallest absolute Gasteiger partial charge is 0.338 e. The van der Waals surface area contributed by atoms with Crippen LogP contribution in [0.15, 0.2) is 23.1 Å². The summed E-state index contributed by atoms with van der Waals surface area (Å²) in [4.78, 5) is 24.6. The molecule has 9 heteroatoms. The number of rotatable bonds is 6. The van der Waals surface area contributed by atoms with Crippen LogP contribution in [0, 0.1) is 11.8 Å². The van der Waals surface area contributed by atoms with Gasteiger partial charge in [-0.2, -0.15) is 4.31 Å². The van der Waals surface area contributed by atoms with E-state index in [1.54, 1.807) is 0 Å². The Morgan fingerprint density at radius 3 is 2.55 bits per heavy atom. The average molecular weight is 471 g/mol. The zero-order chi connectivity index (χ0) is 22.6. The Labute approximate surface area is 189 Å². The van der Waals surface area contributed by atoms with Gasteiger partial charge in [0.05, 0.1) is 10.6 Å². The number of sulfonamides is 1. The number of halogens is 1. The van der Waals surface area contributed by atoms with E-state index in [2.05, 4.69) is 19.2 Å². The van der Waals surface area contributed by atoms with E-state index in [1.807, 2.05) is 0 Å². The molecule has 3 atom stereocenters. The monoisotopic (exact) mass is 470 g/mol. The third kappa shape index (κ3) is 5.79. The Bertz CT molecular complexity index is 914. The minimum Gasteiger partial charge on any atom is -0.452 e. The number of ether oxygens (including phenoxy) is 1. The predicted octanol–water partition coefficient (Wildman–Crippen LogP) is 3.61. The number of nitrogens with one attached hydrogen (secondary N) is 1. The maximum Gasteiger partial charge on any atom is 0.338 e. The largest absolute Gasteiger partial charge is 0.452 e. The summed E-state index contributed by atoms with van der Waals surface area (Å²) < 4.78 is 32.4. The van der Waals surface area contributed by atoms with E-state index in [4.69, 9.17) is 16.3 Å². The molecule has 172 valence electrons. The number of amides is 1. The van der Waals surface area contributed by atoms with E-state index < -0.39 is 22.6 Å². The van der Waals surface area contributed by atoms with Gasteiger partial charge in [-0.05, 0) is 49.3 Å². The van der Waals surface area contributed by atoms with Crippen LogP contribution in [0.5, 0.6) is 0 Å². The van der Waals surface area contributed by atoms with Gasteiger partial charge in [0.1, 0.15) is 4.90 Å². The summed E-state index contributed by atoms with van der Waals surface area (Å²) in [5.41, 5.74) is 0.0486. The van der Waals surface area contributed by atoms with Gasteiger partial charge in [-0.15, -0.1) is 0 Å². The number of hydrogen-bond donors (Lipinski definition) is 1.